The Morgan fingerprint density at radius 2 is 2.20 bits per heavy atom. The first-order chi connectivity index (χ1) is 7.25. The highest BCUT2D eigenvalue weighted by atomic mass is 19.1. The Kier molecular flexibility index (Phi) is 3.21. The minimum Gasteiger partial charge on any atom is -0.468 e. The Morgan fingerprint density at radius 3 is 2.87 bits per heavy atom. The molecule has 1 aliphatic carbocycles. The summed E-state index contributed by atoms with van der Waals surface area (Å²) in [5.41, 5.74) is 0.592. The summed E-state index contributed by atoms with van der Waals surface area (Å²) in [6.45, 7) is 2.75. The summed E-state index contributed by atoms with van der Waals surface area (Å²) < 4.78 is 23.6. The molecule has 0 bridgehead atoms. The topological polar surface area (TPSA) is 18.5 Å². The summed E-state index contributed by atoms with van der Waals surface area (Å²) in [4.78, 5) is 0. The van der Waals surface area contributed by atoms with Gasteiger partial charge in [0.1, 0.15) is 11.6 Å². The molecular weight excluding hydrogens is 195 g/mol. The average molecular weight is 210 g/mol. The van der Waals surface area contributed by atoms with Gasteiger partial charge in [0.05, 0.1) is 6.61 Å². The minimum atomic E-state index is -0.207. The van der Waals surface area contributed by atoms with Crippen LogP contribution in [0.15, 0.2) is 18.2 Å². The molecule has 0 amide bonds. The summed E-state index contributed by atoms with van der Waals surface area (Å²) in [6, 6.07) is 4.70. The van der Waals surface area contributed by atoms with Gasteiger partial charge < -0.3 is 9.47 Å². The molecule has 2 nitrogen and oxygen atoms in total. The van der Waals surface area contributed by atoms with Crippen LogP contribution >= 0.6 is 0 Å². The zero-order chi connectivity index (χ0) is 10.7. The molecule has 1 aromatic carbocycles. The molecule has 82 valence electrons. The molecular formula is C12H15FO2. The van der Waals surface area contributed by atoms with Gasteiger partial charge in [-0.2, -0.15) is 0 Å². The number of ether oxygens (including phenoxy) is 2. The Balaban J connectivity index is 1.74. The maximum absolute atomic E-state index is 12.9. The normalized spacial score (nSPS) is 15.3. The predicted octanol–water partition coefficient (Wildman–Crippen LogP) is 2.90. The van der Waals surface area contributed by atoms with Crippen molar-refractivity contribution in [1.29, 1.82) is 0 Å². The van der Waals surface area contributed by atoms with E-state index < -0.39 is 0 Å². The summed E-state index contributed by atoms with van der Waals surface area (Å²) in [6.07, 6.45) is 2.55. The quantitative estimate of drug-likeness (QED) is 0.549. The largest absolute Gasteiger partial charge is 0.468 e. The maximum Gasteiger partial charge on any atom is 0.189 e. The lowest BCUT2D eigenvalue weighted by Gasteiger charge is -2.07. The van der Waals surface area contributed by atoms with Gasteiger partial charge in [0, 0.05) is 0 Å². The SMILES string of the molecule is Cc1cc(OCOCC2CC2)ccc1F. The molecule has 1 aliphatic rings. The summed E-state index contributed by atoms with van der Waals surface area (Å²) in [7, 11) is 0. The van der Waals surface area contributed by atoms with Crippen molar-refractivity contribution in [2.75, 3.05) is 13.4 Å². The van der Waals surface area contributed by atoms with E-state index in [1.165, 1.54) is 18.9 Å². The lowest BCUT2D eigenvalue weighted by Crippen LogP contribution is -2.05. The van der Waals surface area contributed by atoms with Crippen molar-refractivity contribution in [2.45, 2.75) is 19.8 Å². The summed E-state index contributed by atoms with van der Waals surface area (Å²) >= 11 is 0. The highest BCUT2D eigenvalue weighted by Gasteiger charge is 2.21. The van der Waals surface area contributed by atoms with Crippen molar-refractivity contribution in [1.82, 2.24) is 0 Å². The van der Waals surface area contributed by atoms with Gasteiger partial charge in [-0.25, -0.2) is 4.39 Å². The number of hydrogen-bond acceptors (Lipinski definition) is 2. The Labute approximate surface area is 89.0 Å². The molecule has 2 rings (SSSR count). The van der Waals surface area contributed by atoms with Crippen LogP contribution in [-0.4, -0.2) is 13.4 Å². The van der Waals surface area contributed by atoms with E-state index in [1.54, 1.807) is 19.1 Å². The number of halogens is 1. The van der Waals surface area contributed by atoms with Crippen molar-refractivity contribution >= 4 is 0 Å². The zero-order valence-electron chi connectivity index (χ0n) is 8.83. The minimum absolute atomic E-state index is 0.207. The number of benzene rings is 1. The number of aryl methyl sites for hydroxylation is 1. The van der Waals surface area contributed by atoms with Crippen LogP contribution in [0.5, 0.6) is 5.75 Å². The summed E-state index contributed by atoms with van der Waals surface area (Å²) in [5, 5.41) is 0. The highest BCUT2D eigenvalue weighted by Crippen LogP contribution is 2.28. The van der Waals surface area contributed by atoms with E-state index >= 15 is 0 Å². The number of hydrogen-bond donors (Lipinski definition) is 0. The van der Waals surface area contributed by atoms with E-state index in [2.05, 4.69) is 0 Å². The Hall–Kier alpha value is -1.09. The van der Waals surface area contributed by atoms with Crippen molar-refractivity contribution in [2.24, 2.45) is 5.92 Å². The average Bonchev–Trinajstić information content (AvgIpc) is 3.02. The molecule has 0 N–H and O–H groups in total. The van der Waals surface area contributed by atoms with Gasteiger partial charge >= 0.3 is 0 Å². The third-order valence-electron chi connectivity index (χ3n) is 2.49. The van der Waals surface area contributed by atoms with Gasteiger partial charge in [-0.05, 0) is 49.4 Å². The molecule has 0 spiro atoms. The van der Waals surface area contributed by atoms with Crippen LogP contribution in [-0.2, 0) is 4.74 Å². The molecule has 0 saturated heterocycles. The molecule has 0 aromatic heterocycles. The second kappa shape index (κ2) is 4.62. The van der Waals surface area contributed by atoms with Crippen molar-refractivity contribution in [3.63, 3.8) is 0 Å². The molecule has 0 atom stereocenters. The smallest absolute Gasteiger partial charge is 0.189 e. The fourth-order valence-electron chi connectivity index (χ4n) is 1.32. The molecule has 1 fully saturated rings. The molecule has 3 heteroatoms. The van der Waals surface area contributed by atoms with Crippen molar-refractivity contribution in [3.05, 3.63) is 29.6 Å². The first kappa shape index (κ1) is 10.4. The van der Waals surface area contributed by atoms with Gasteiger partial charge in [-0.15, -0.1) is 0 Å². The van der Waals surface area contributed by atoms with Crippen LogP contribution < -0.4 is 4.74 Å². The van der Waals surface area contributed by atoms with E-state index in [9.17, 15) is 4.39 Å². The molecule has 0 unspecified atom stereocenters. The standard InChI is InChI=1S/C12H15FO2/c1-9-6-11(4-5-12(9)13)15-8-14-7-10-2-3-10/h4-6,10H,2-3,7-8H2,1H3. The van der Waals surface area contributed by atoms with Gasteiger partial charge in [0.15, 0.2) is 6.79 Å². The van der Waals surface area contributed by atoms with E-state index in [0.29, 0.717) is 11.3 Å². The Bertz CT molecular complexity index is 334. The van der Waals surface area contributed by atoms with E-state index in [4.69, 9.17) is 9.47 Å². The van der Waals surface area contributed by atoms with E-state index in [0.717, 1.165) is 12.5 Å². The monoisotopic (exact) mass is 210 g/mol. The first-order valence-electron chi connectivity index (χ1n) is 5.22. The zero-order valence-corrected chi connectivity index (χ0v) is 8.83. The Morgan fingerprint density at radius 1 is 1.40 bits per heavy atom. The summed E-state index contributed by atoms with van der Waals surface area (Å²) in [5.74, 6) is 1.19. The molecule has 0 radical (unpaired) electrons. The second-order valence-electron chi connectivity index (χ2n) is 3.99. The van der Waals surface area contributed by atoms with E-state index in [1.807, 2.05) is 0 Å². The fourth-order valence-corrected chi connectivity index (χ4v) is 1.32. The molecule has 0 heterocycles. The van der Waals surface area contributed by atoms with Crippen molar-refractivity contribution < 1.29 is 13.9 Å². The lowest BCUT2D eigenvalue weighted by molar-refractivity contribution is 0.00991. The van der Waals surface area contributed by atoms with Crippen LogP contribution in [0.2, 0.25) is 0 Å². The molecule has 0 aliphatic heterocycles. The van der Waals surface area contributed by atoms with Gasteiger partial charge in [0.25, 0.3) is 0 Å². The van der Waals surface area contributed by atoms with Gasteiger partial charge in [-0.3, -0.25) is 0 Å². The maximum atomic E-state index is 12.9. The van der Waals surface area contributed by atoms with Crippen LogP contribution in [0, 0.1) is 18.7 Å². The van der Waals surface area contributed by atoms with Crippen LogP contribution in [0.4, 0.5) is 4.39 Å². The van der Waals surface area contributed by atoms with Crippen LogP contribution in [0.25, 0.3) is 0 Å². The van der Waals surface area contributed by atoms with E-state index in [-0.39, 0.29) is 12.6 Å². The molecule has 1 saturated carbocycles. The van der Waals surface area contributed by atoms with Gasteiger partial charge in [0.2, 0.25) is 0 Å². The van der Waals surface area contributed by atoms with Crippen molar-refractivity contribution in [3.8, 4) is 5.75 Å². The van der Waals surface area contributed by atoms with Crippen LogP contribution in [0.3, 0.4) is 0 Å². The predicted molar refractivity (Wildman–Crippen MR) is 55.3 cm³/mol. The fraction of sp³-hybridized carbons (Fsp3) is 0.500. The third kappa shape index (κ3) is 3.20. The molecule has 15 heavy (non-hydrogen) atoms. The lowest BCUT2D eigenvalue weighted by atomic mass is 10.2. The number of rotatable bonds is 5. The third-order valence-corrected chi connectivity index (χ3v) is 2.49. The van der Waals surface area contributed by atoms with Gasteiger partial charge in [-0.1, -0.05) is 0 Å². The molecule has 1 aromatic rings. The highest BCUT2D eigenvalue weighted by molar-refractivity contribution is 5.28. The first-order valence-corrected chi connectivity index (χ1v) is 5.22. The van der Waals surface area contributed by atoms with Crippen LogP contribution in [0.1, 0.15) is 18.4 Å². The second-order valence-corrected chi connectivity index (χ2v) is 3.99.